The molecule has 1 heterocycles. The molecule has 0 spiro atoms. The normalized spacial score (nSPS) is 12.2. The Hall–Kier alpha value is -1.21. The van der Waals surface area contributed by atoms with Crippen molar-refractivity contribution in [3.8, 4) is 0 Å². The number of halogens is 1. The van der Waals surface area contributed by atoms with Crippen LogP contribution in [0.1, 0.15) is 30.1 Å². The molecule has 2 aromatic rings. The van der Waals surface area contributed by atoms with Gasteiger partial charge in [0.1, 0.15) is 11.9 Å². The summed E-state index contributed by atoms with van der Waals surface area (Å²) in [6.45, 7) is 4.58. The van der Waals surface area contributed by atoms with Gasteiger partial charge in [-0.25, -0.2) is 9.97 Å². The Morgan fingerprint density at radius 3 is 2.55 bits per heavy atom. The van der Waals surface area contributed by atoms with Gasteiger partial charge in [0.15, 0.2) is 5.82 Å². The van der Waals surface area contributed by atoms with E-state index in [9.17, 15) is 0 Å². The van der Waals surface area contributed by atoms with Gasteiger partial charge in [0, 0.05) is 13.7 Å². The summed E-state index contributed by atoms with van der Waals surface area (Å²) in [7, 11) is 1.87. The monoisotopic (exact) mass is 383 g/mol. The molecule has 0 fully saturated rings. The SMILES string of the molecule is CCOC(c1ccccc1)c1nc(C)c(I)c(NC)n1. The Morgan fingerprint density at radius 1 is 1.25 bits per heavy atom. The van der Waals surface area contributed by atoms with Crippen LogP contribution >= 0.6 is 22.6 Å². The highest BCUT2D eigenvalue weighted by molar-refractivity contribution is 14.1. The quantitative estimate of drug-likeness (QED) is 0.803. The Kier molecular flexibility index (Phi) is 5.31. The molecule has 0 saturated heterocycles. The lowest BCUT2D eigenvalue weighted by molar-refractivity contribution is 0.0850. The predicted octanol–water partition coefficient (Wildman–Crippen LogP) is 3.56. The topological polar surface area (TPSA) is 47.0 Å². The predicted molar refractivity (Wildman–Crippen MR) is 88.9 cm³/mol. The number of aromatic nitrogens is 2. The second-order valence-electron chi connectivity index (χ2n) is 4.33. The lowest BCUT2D eigenvalue weighted by Crippen LogP contribution is -2.13. The molecule has 1 atom stereocenters. The summed E-state index contributed by atoms with van der Waals surface area (Å²) in [5.74, 6) is 1.54. The zero-order chi connectivity index (χ0) is 14.5. The van der Waals surface area contributed by atoms with Crippen molar-refractivity contribution in [3.05, 3.63) is 51.0 Å². The molecule has 0 aliphatic carbocycles. The molecular formula is C15H18IN3O. The van der Waals surface area contributed by atoms with Gasteiger partial charge in [0.25, 0.3) is 0 Å². The molecule has 1 aromatic heterocycles. The Balaban J connectivity index is 2.47. The molecule has 0 aliphatic rings. The van der Waals surface area contributed by atoms with Crippen LogP contribution in [0.25, 0.3) is 0 Å². The molecule has 2 rings (SSSR count). The van der Waals surface area contributed by atoms with Crippen LogP contribution in [0.3, 0.4) is 0 Å². The summed E-state index contributed by atoms with van der Waals surface area (Å²) in [5.41, 5.74) is 2.03. The third kappa shape index (κ3) is 3.27. The second-order valence-corrected chi connectivity index (χ2v) is 5.40. The molecule has 1 aromatic carbocycles. The van der Waals surface area contributed by atoms with Crippen LogP contribution in [0.4, 0.5) is 5.82 Å². The van der Waals surface area contributed by atoms with Crippen molar-refractivity contribution in [2.45, 2.75) is 20.0 Å². The van der Waals surface area contributed by atoms with Gasteiger partial charge in [-0.2, -0.15) is 0 Å². The first-order valence-corrected chi connectivity index (χ1v) is 7.63. The summed E-state index contributed by atoms with van der Waals surface area (Å²) >= 11 is 2.25. The van der Waals surface area contributed by atoms with Crippen molar-refractivity contribution in [3.63, 3.8) is 0 Å². The number of rotatable bonds is 5. The first kappa shape index (κ1) is 15.2. The molecule has 106 valence electrons. The highest BCUT2D eigenvalue weighted by Gasteiger charge is 2.19. The first-order valence-electron chi connectivity index (χ1n) is 6.55. The molecule has 0 amide bonds. The summed E-state index contributed by atoms with van der Waals surface area (Å²) in [6, 6.07) is 10.1. The van der Waals surface area contributed by atoms with E-state index in [1.165, 1.54) is 0 Å². The third-order valence-corrected chi connectivity index (χ3v) is 4.23. The maximum atomic E-state index is 5.85. The van der Waals surface area contributed by atoms with E-state index in [2.05, 4.69) is 37.9 Å². The molecule has 0 saturated carbocycles. The highest BCUT2D eigenvalue weighted by Crippen LogP contribution is 2.26. The minimum atomic E-state index is -0.232. The van der Waals surface area contributed by atoms with E-state index < -0.39 is 0 Å². The zero-order valence-corrected chi connectivity index (χ0v) is 14.0. The van der Waals surface area contributed by atoms with E-state index >= 15 is 0 Å². The molecule has 4 nitrogen and oxygen atoms in total. The van der Waals surface area contributed by atoms with Gasteiger partial charge in [-0.15, -0.1) is 0 Å². The fourth-order valence-electron chi connectivity index (χ4n) is 1.98. The third-order valence-electron chi connectivity index (χ3n) is 2.94. The number of nitrogens with one attached hydrogen (secondary N) is 1. The van der Waals surface area contributed by atoms with E-state index in [4.69, 9.17) is 4.74 Å². The molecule has 1 N–H and O–H groups in total. The van der Waals surface area contributed by atoms with Crippen LogP contribution in [0.2, 0.25) is 0 Å². The van der Waals surface area contributed by atoms with Crippen LogP contribution in [-0.4, -0.2) is 23.6 Å². The van der Waals surface area contributed by atoms with Gasteiger partial charge < -0.3 is 10.1 Å². The summed E-state index contributed by atoms with van der Waals surface area (Å²) in [5, 5.41) is 3.11. The number of aryl methyl sites for hydroxylation is 1. The first-order chi connectivity index (χ1) is 9.67. The van der Waals surface area contributed by atoms with Gasteiger partial charge in [0.2, 0.25) is 0 Å². The molecule has 0 aliphatic heterocycles. The fourth-order valence-corrected chi connectivity index (χ4v) is 2.49. The van der Waals surface area contributed by atoms with Gasteiger partial charge in [-0.1, -0.05) is 30.3 Å². The Labute approximate surface area is 133 Å². The van der Waals surface area contributed by atoms with E-state index in [-0.39, 0.29) is 6.10 Å². The fraction of sp³-hybridized carbons (Fsp3) is 0.333. The van der Waals surface area contributed by atoms with Crippen molar-refractivity contribution in [1.29, 1.82) is 0 Å². The summed E-state index contributed by atoms with van der Waals surface area (Å²) in [6.07, 6.45) is -0.232. The van der Waals surface area contributed by atoms with Crippen LogP contribution in [0, 0.1) is 10.5 Å². The second kappa shape index (κ2) is 6.99. The maximum Gasteiger partial charge on any atom is 0.164 e. The van der Waals surface area contributed by atoms with Gasteiger partial charge in [-0.05, 0) is 42.0 Å². The number of nitrogens with zero attached hydrogens (tertiary/aromatic N) is 2. The number of anilines is 1. The highest BCUT2D eigenvalue weighted by atomic mass is 127. The molecule has 5 heteroatoms. The van der Waals surface area contributed by atoms with Crippen LogP contribution in [0.5, 0.6) is 0 Å². The molecule has 20 heavy (non-hydrogen) atoms. The van der Waals surface area contributed by atoms with Crippen molar-refractivity contribution in [2.75, 3.05) is 19.0 Å². The average molecular weight is 383 g/mol. The van der Waals surface area contributed by atoms with Crippen LogP contribution in [0.15, 0.2) is 30.3 Å². The zero-order valence-electron chi connectivity index (χ0n) is 11.9. The summed E-state index contributed by atoms with van der Waals surface area (Å²) in [4.78, 5) is 9.19. The minimum absolute atomic E-state index is 0.232. The smallest absolute Gasteiger partial charge is 0.164 e. The molecular weight excluding hydrogens is 365 g/mol. The van der Waals surface area contributed by atoms with Crippen molar-refractivity contribution < 1.29 is 4.74 Å². The number of hydrogen-bond donors (Lipinski definition) is 1. The molecule has 1 unspecified atom stereocenters. The van der Waals surface area contributed by atoms with E-state index in [1.54, 1.807) is 0 Å². The largest absolute Gasteiger partial charge is 0.372 e. The molecule has 0 radical (unpaired) electrons. The van der Waals surface area contributed by atoms with Crippen molar-refractivity contribution >= 4 is 28.4 Å². The van der Waals surface area contributed by atoms with Crippen molar-refractivity contribution in [2.24, 2.45) is 0 Å². The van der Waals surface area contributed by atoms with Gasteiger partial charge >= 0.3 is 0 Å². The molecule has 0 bridgehead atoms. The summed E-state index contributed by atoms with van der Waals surface area (Å²) < 4.78 is 6.89. The Morgan fingerprint density at radius 2 is 1.95 bits per heavy atom. The van der Waals surface area contributed by atoms with Crippen molar-refractivity contribution in [1.82, 2.24) is 9.97 Å². The number of hydrogen-bond acceptors (Lipinski definition) is 4. The number of benzene rings is 1. The maximum absolute atomic E-state index is 5.85. The standard InChI is InChI=1S/C15H18IN3O/c1-4-20-13(11-8-6-5-7-9-11)15-18-10(2)12(16)14(17-3)19-15/h5-9,13H,4H2,1-3H3,(H,17,18,19). The van der Waals surface area contributed by atoms with E-state index in [0.29, 0.717) is 12.4 Å². The van der Waals surface area contributed by atoms with E-state index in [0.717, 1.165) is 20.6 Å². The van der Waals surface area contributed by atoms with E-state index in [1.807, 2.05) is 51.2 Å². The lowest BCUT2D eigenvalue weighted by Gasteiger charge is -2.18. The number of ether oxygens (including phenoxy) is 1. The van der Waals surface area contributed by atoms with Crippen LogP contribution < -0.4 is 5.32 Å². The lowest BCUT2D eigenvalue weighted by atomic mass is 10.1. The minimum Gasteiger partial charge on any atom is -0.372 e. The Bertz CT molecular complexity index is 575. The van der Waals surface area contributed by atoms with Crippen LogP contribution in [-0.2, 0) is 4.74 Å². The van der Waals surface area contributed by atoms with Gasteiger partial charge in [0.05, 0.1) is 9.26 Å². The van der Waals surface area contributed by atoms with Gasteiger partial charge in [-0.3, -0.25) is 0 Å². The average Bonchev–Trinajstić information content (AvgIpc) is 2.48.